The first-order valence-corrected chi connectivity index (χ1v) is 7.54. The molecule has 1 aliphatic heterocycles. The molecule has 102 valence electrons. The minimum Gasteiger partial charge on any atom is -0.348 e. The number of hydrogen-bond acceptors (Lipinski definition) is 5. The predicted octanol–water partition coefficient (Wildman–Crippen LogP) is 1.95. The lowest BCUT2D eigenvalue weighted by atomic mass is 10.0. The van der Waals surface area contributed by atoms with Gasteiger partial charge in [0.25, 0.3) is 0 Å². The summed E-state index contributed by atoms with van der Waals surface area (Å²) in [5.41, 5.74) is 1.15. The van der Waals surface area contributed by atoms with Crippen LogP contribution in [-0.4, -0.2) is 50.2 Å². The second-order valence-corrected chi connectivity index (χ2v) is 6.05. The molecule has 1 saturated heterocycles. The molecule has 1 aromatic rings. The third-order valence-electron chi connectivity index (χ3n) is 3.92. The van der Waals surface area contributed by atoms with Crippen molar-refractivity contribution in [3.63, 3.8) is 0 Å². The molecular formula is C13H24N4S. The molecule has 1 N–H and O–H groups in total. The number of likely N-dealkylation sites (tertiary alicyclic amines) is 1. The van der Waals surface area contributed by atoms with Crippen LogP contribution < -0.4 is 10.2 Å². The minimum absolute atomic E-state index is 0.334. The lowest BCUT2D eigenvalue weighted by molar-refractivity contribution is 0.253. The highest BCUT2D eigenvalue weighted by atomic mass is 32.1. The standard InChI is InChI=1S/C13H24N4S/c1-10(14-2)12-9-18-13(15-12)17(4)11-5-7-16(3)8-6-11/h9-11,14H,5-8H2,1-4H3. The van der Waals surface area contributed by atoms with Crippen LogP contribution in [0.4, 0.5) is 5.13 Å². The molecule has 0 aliphatic carbocycles. The average Bonchev–Trinajstić information content (AvgIpc) is 2.87. The van der Waals surface area contributed by atoms with E-state index in [-0.39, 0.29) is 0 Å². The molecule has 1 fully saturated rings. The summed E-state index contributed by atoms with van der Waals surface area (Å²) in [4.78, 5) is 9.51. The van der Waals surface area contributed by atoms with Gasteiger partial charge in [-0.2, -0.15) is 0 Å². The lowest BCUT2D eigenvalue weighted by Crippen LogP contribution is -2.42. The molecule has 1 aliphatic rings. The van der Waals surface area contributed by atoms with E-state index < -0.39 is 0 Å². The molecule has 0 bridgehead atoms. The van der Waals surface area contributed by atoms with Gasteiger partial charge in [-0.05, 0) is 47.0 Å². The number of hydrogen-bond donors (Lipinski definition) is 1. The first-order chi connectivity index (χ1) is 8.61. The van der Waals surface area contributed by atoms with Crippen molar-refractivity contribution in [1.82, 2.24) is 15.2 Å². The van der Waals surface area contributed by atoms with Gasteiger partial charge in [0, 0.05) is 24.5 Å². The maximum atomic E-state index is 4.74. The summed E-state index contributed by atoms with van der Waals surface area (Å²) in [7, 11) is 6.36. The van der Waals surface area contributed by atoms with Crippen molar-refractivity contribution < 1.29 is 0 Å². The largest absolute Gasteiger partial charge is 0.348 e. The van der Waals surface area contributed by atoms with Crippen molar-refractivity contribution in [2.75, 3.05) is 39.1 Å². The van der Waals surface area contributed by atoms with Crippen LogP contribution in [0.2, 0.25) is 0 Å². The Labute approximate surface area is 114 Å². The van der Waals surface area contributed by atoms with E-state index in [1.807, 2.05) is 7.05 Å². The Kier molecular flexibility index (Phi) is 4.59. The average molecular weight is 268 g/mol. The van der Waals surface area contributed by atoms with E-state index >= 15 is 0 Å². The predicted molar refractivity (Wildman–Crippen MR) is 78.5 cm³/mol. The highest BCUT2D eigenvalue weighted by Crippen LogP contribution is 2.27. The van der Waals surface area contributed by atoms with E-state index in [0.29, 0.717) is 12.1 Å². The van der Waals surface area contributed by atoms with Crippen LogP contribution in [0.1, 0.15) is 31.5 Å². The monoisotopic (exact) mass is 268 g/mol. The van der Waals surface area contributed by atoms with Gasteiger partial charge in [-0.1, -0.05) is 0 Å². The number of nitrogens with one attached hydrogen (secondary N) is 1. The number of thiazole rings is 1. The van der Waals surface area contributed by atoms with Crippen LogP contribution in [0.3, 0.4) is 0 Å². The number of aromatic nitrogens is 1. The molecule has 1 unspecified atom stereocenters. The van der Waals surface area contributed by atoms with E-state index in [4.69, 9.17) is 4.98 Å². The van der Waals surface area contributed by atoms with Crippen molar-refractivity contribution >= 4 is 16.5 Å². The molecule has 1 aromatic heterocycles. The van der Waals surface area contributed by atoms with Gasteiger partial charge in [0.05, 0.1) is 5.69 Å². The third-order valence-corrected chi connectivity index (χ3v) is 4.87. The van der Waals surface area contributed by atoms with Crippen LogP contribution in [0, 0.1) is 0 Å². The molecule has 0 amide bonds. The summed E-state index contributed by atoms with van der Waals surface area (Å²) >= 11 is 1.76. The van der Waals surface area contributed by atoms with E-state index in [2.05, 4.69) is 41.5 Å². The Morgan fingerprint density at radius 3 is 2.78 bits per heavy atom. The minimum atomic E-state index is 0.334. The molecule has 0 aromatic carbocycles. The topological polar surface area (TPSA) is 31.4 Å². The van der Waals surface area contributed by atoms with Crippen LogP contribution in [0.15, 0.2) is 5.38 Å². The summed E-state index contributed by atoms with van der Waals surface area (Å²) in [6, 6.07) is 0.978. The molecule has 4 nitrogen and oxygen atoms in total. The first kappa shape index (κ1) is 13.8. The molecule has 2 heterocycles. The number of piperidine rings is 1. The zero-order chi connectivity index (χ0) is 13.1. The van der Waals surface area contributed by atoms with Crippen LogP contribution >= 0.6 is 11.3 Å². The van der Waals surface area contributed by atoms with Crippen molar-refractivity contribution in [3.8, 4) is 0 Å². The third kappa shape index (κ3) is 3.02. The molecule has 2 rings (SSSR count). The highest BCUT2D eigenvalue weighted by molar-refractivity contribution is 7.13. The zero-order valence-electron chi connectivity index (χ0n) is 11.8. The molecule has 18 heavy (non-hydrogen) atoms. The fraction of sp³-hybridized carbons (Fsp3) is 0.769. The van der Waals surface area contributed by atoms with Crippen LogP contribution in [-0.2, 0) is 0 Å². The van der Waals surface area contributed by atoms with Gasteiger partial charge >= 0.3 is 0 Å². The van der Waals surface area contributed by atoms with Gasteiger partial charge in [-0.15, -0.1) is 11.3 Å². The van der Waals surface area contributed by atoms with E-state index in [1.165, 1.54) is 25.9 Å². The smallest absolute Gasteiger partial charge is 0.185 e. The van der Waals surface area contributed by atoms with Gasteiger partial charge in [0.1, 0.15) is 0 Å². The summed E-state index contributed by atoms with van der Waals surface area (Å²) < 4.78 is 0. The Bertz CT molecular complexity index is 371. The fourth-order valence-corrected chi connectivity index (χ4v) is 3.28. The first-order valence-electron chi connectivity index (χ1n) is 6.66. The number of nitrogens with zero attached hydrogens (tertiary/aromatic N) is 3. The van der Waals surface area contributed by atoms with Gasteiger partial charge in [-0.25, -0.2) is 4.98 Å². The second-order valence-electron chi connectivity index (χ2n) is 5.21. The van der Waals surface area contributed by atoms with Crippen LogP contribution in [0.5, 0.6) is 0 Å². The Morgan fingerprint density at radius 2 is 2.17 bits per heavy atom. The molecule has 1 atom stereocenters. The van der Waals surface area contributed by atoms with Gasteiger partial charge in [0.2, 0.25) is 0 Å². The van der Waals surface area contributed by atoms with E-state index in [9.17, 15) is 0 Å². The summed E-state index contributed by atoms with van der Waals surface area (Å²) in [5.74, 6) is 0. The molecular weight excluding hydrogens is 244 g/mol. The van der Waals surface area contributed by atoms with Gasteiger partial charge in [0.15, 0.2) is 5.13 Å². The number of anilines is 1. The Morgan fingerprint density at radius 1 is 1.50 bits per heavy atom. The normalized spacial score (nSPS) is 20.0. The van der Waals surface area contributed by atoms with Gasteiger partial charge < -0.3 is 15.1 Å². The zero-order valence-corrected chi connectivity index (χ0v) is 12.6. The number of rotatable bonds is 4. The highest BCUT2D eigenvalue weighted by Gasteiger charge is 2.22. The summed E-state index contributed by atoms with van der Waals surface area (Å²) in [6.45, 7) is 4.54. The Balaban J connectivity index is 2.00. The molecule has 0 saturated carbocycles. The van der Waals surface area contributed by atoms with Crippen LogP contribution in [0.25, 0.3) is 0 Å². The SMILES string of the molecule is CNC(C)c1csc(N(C)C2CCN(C)CC2)n1. The maximum absolute atomic E-state index is 4.74. The lowest BCUT2D eigenvalue weighted by Gasteiger charge is -2.34. The summed E-state index contributed by atoms with van der Waals surface area (Å²) in [6.07, 6.45) is 2.48. The van der Waals surface area contributed by atoms with Crippen molar-refractivity contribution in [1.29, 1.82) is 0 Å². The molecule has 0 radical (unpaired) electrons. The van der Waals surface area contributed by atoms with Crippen molar-refractivity contribution in [3.05, 3.63) is 11.1 Å². The maximum Gasteiger partial charge on any atom is 0.185 e. The van der Waals surface area contributed by atoms with Crippen molar-refractivity contribution in [2.24, 2.45) is 0 Å². The van der Waals surface area contributed by atoms with Crippen molar-refractivity contribution in [2.45, 2.75) is 31.8 Å². The van der Waals surface area contributed by atoms with E-state index in [0.717, 1.165) is 10.8 Å². The molecule has 0 spiro atoms. The van der Waals surface area contributed by atoms with E-state index in [1.54, 1.807) is 11.3 Å². The van der Waals surface area contributed by atoms with Gasteiger partial charge in [-0.3, -0.25) is 0 Å². The Hall–Kier alpha value is -0.650. The second kappa shape index (κ2) is 5.99. The summed E-state index contributed by atoms with van der Waals surface area (Å²) in [5, 5.41) is 6.56. The molecule has 5 heteroatoms. The quantitative estimate of drug-likeness (QED) is 0.904. The fourth-order valence-electron chi connectivity index (χ4n) is 2.32.